The van der Waals surface area contributed by atoms with Crippen LogP contribution in [0.4, 0.5) is 0 Å². The van der Waals surface area contributed by atoms with Crippen LogP contribution < -0.4 is 5.32 Å². The van der Waals surface area contributed by atoms with Crippen LogP contribution >= 0.6 is 43.6 Å². The summed E-state index contributed by atoms with van der Waals surface area (Å²) in [6.45, 7) is 1.60. The van der Waals surface area contributed by atoms with E-state index in [9.17, 15) is 0 Å². The molecule has 3 heterocycles. The highest BCUT2D eigenvalue weighted by Gasteiger charge is 2.40. The Hall–Kier alpha value is -2.90. The van der Waals surface area contributed by atoms with Crippen molar-refractivity contribution in [3.63, 3.8) is 0 Å². The first-order valence-electron chi connectivity index (χ1n) is 12.5. The van der Waals surface area contributed by atoms with Gasteiger partial charge in [-0.1, -0.05) is 104 Å². The smallest absolute Gasteiger partial charge is 0.174 e. The normalized spacial score (nSPS) is 19.9. The number of benzene rings is 4. The number of fused-ring (bicyclic) bond motifs is 2. The molecule has 3 aliphatic rings. The van der Waals surface area contributed by atoms with Crippen molar-refractivity contribution in [1.29, 1.82) is 0 Å². The monoisotopic (exact) mass is 639 g/mol. The van der Waals surface area contributed by atoms with Gasteiger partial charge in [0, 0.05) is 27.4 Å². The van der Waals surface area contributed by atoms with Crippen LogP contribution in [0.2, 0.25) is 0 Å². The Balaban J connectivity index is 1.36. The predicted molar refractivity (Wildman–Crippen MR) is 168 cm³/mol. The molecule has 3 aliphatic heterocycles. The van der Waals surface area contributed by atoms with E-state index < -0.39 is 0 Å². The molecule has 1 atom stereocenters. The lowest BCUT2D eigenvalue weighted by atomic mass is 9.88. The standard InChI is InChI=1S/C32H23Br2N3S/c33-26-11-5-20(6-12-26)15-25-17-35-18-28-30(25)36-32-37(31(28)22-9-13-27(34)14-10-22)29(19-38-32)24-8-7-21-3-1-2-4-23(21)16-24/h1-16,19,31,35H,17-18H2/b25-15-. The van der Waals surface area contributed by atoms with E-state index in [-0.39, 0.29) is 6.04 Å². The molecule has 0 saturated carbocycles. The first kappa shape index (κ1) is 24.2. The molecule has 0 radical (unpaired) electrons. The van der Waals surface area contributed by atoms with E-state index in [1.54, 1.807) is 11.8 Å². The molecule has 38 heavy (non-hydrogen) atoms. The Morgan fingerprint density at radius 2 is 1.58 bits per heavy atom. The molecule has 1 unspecified atom stereocenters. The van der Waals surface area contributed by atoms with E-state index >= 15 is 0 Å². The quantitative estimate of drug-likeness (QED) is 0.243. The van der Waals surface area contributed by atoms with E-state index in [1.165, 1.54) is 44.3 Å². The van der Waals surface area contributed by atoms with Crippen LogP contribution in [0.25, 0.3) is 22.5 Å². The summed E-state index contributed by atoms with van der Waals surface area (Å²) >= 11 is 8.90. The summed E-state index contributed by atoms with van der Waals surface area (Å²) in [6.07, 6.45) is 2.27. The van der Waals surface area contributed by atoms with Gasteiger partial charge in [0.1, 0.15) is 0 Å². The number of aliphatic imine (C=N–C) groups is 1. The molecule has 0 amide bonds. The minimum atomic E-state index is 0.0550. The summed E-state index contributed by atoms with van der Waals surface area (Å²) in [7, 11) is 0. The van der Waals surface area contributed by atoms with Gasteiger partial charge in [0.2, 0.25) is 0 Å². The molecule has 4 aromatic carbocycles. The van der Waals surface area contributed by atoms with Crippen LogP contribution in [-0.4, -0.2) is 23.2 Å². The molecule has 186 valence electrons. The first-order valence-corrected chi connectivity index (χ1v) is 15.0. The van der Waals surface area contributed by atoms with Crippen LogP contribution in [0.15, 0.2) is 127 Å². The zero-order valence-electron chi connectivity index (χ0n) is 20.4. The molecule has 3 nitrogen and oxygen atoms in total. The van der Waals surface area contributed by atoms with E-state index in [2.05, 4.69) is 145 Å². The molecular formula is C32H23Br2N3S. The van der Waals surface area contributed by atoms with Crippen molar-refractivity contribution < 1.29 is 0 Å². The van der Waals surface area contributed by atoms with Gasteiger partial charge >= 0.3 is 0 Å². The van der Waals surface area contributed by atoms with Gasteiger partial charge < -0.3 is 10.2 Å². The third kappa shape index (κ3) is 4.39. The number of thioether (sulfide) groups is 1. The number of halogens is 2. The summed E-state index contributed by atoms with van der Waals surface area (Å²) in [6, 6.07) is 32.5. The maximum absolute atomic E-state index is 5.30. The average Bonchev–Trinajstić information content (AvgIpc) is 3.37. The van der Waals surface area contributed by atoms with Crippen LogP contribution in [0.3, 0.4) is 0 Å². The van der Waals surface area contributed by atoms with Gasteiger partial charge in [-0.05, 0) is 75.0 Å². The Kier molecular flexibility index (Phi) is 6.36. The van der Waals surface area contributed by atoms with Gasteiger partial charge in [0.25, 0.3) is 0 Å². The van der Waals surface area contributed by atoms with Gasteiger partial charge in [-0.15, -0.1) is 0 Å². The zero-order valence-corrected chi connectivity index (χ0v) is 24.4. The highest BCUT2D eigenvalue weighted by molar-refractivity contribution is 9.10. The van der Waals surface area contributed by atoms with Gasteiger partial charge in [-0.3, -0.25) is 0 Å². The fourth-order valence-corrected chi connectivity index (χ4v) is 6.87. The minimum absolute atomic E-state index is 0.0550. The number of amidine groups is 1. The molecule has 6 heteroatoms. The van der Waals surface area contributed by atoms with Crippen LogP contribution in [0.5, 0.6) is 0 Å². The maximum Gasteiger partial charge on any atom is 0.174 e. The topological polar surface area (TPSA) is 27.6 Å². The number of nitrogens with zero attached hydrogens (tertiary/aromatic N) is 2. The SMILES string of the molecule is Brc1ccc(/C=C2/CNCC3=C2N=C2SC=C(c4ccc5ccccc5c4)N2C3c2ccc(Br)cc2)cc1. The highest BCUT2D eigenvalue weighted by Crippen LogP contribution is 2.48. The molecular weight excluding hydrogens is 618 g/mol. The largest absolute Gasteiger partial charge is 0.309 e. The Morgan fingerprint density at radius 3 is 2.37 bits per heavy atom. The highest BCUT2D eigenvalue weighted by atomic mass is 79.9. The minimum Gasteiger partial charge on any atom is -0.309 e. The summed E-state index contributed by atoms with van der Waals surface area (Å²) in [4.78, 5) is 7.73. The van der Waals surface area contributed by atoms with Gasteiger partial charge in [0.05, 0.1) is 17.4 Å². The Bertz CT molecular complexity index is 1680. The van der Waals surface area contributed by atoms with Crippen molar-refractivity contribution >= 4 is 71.3 Å². The van der Waals surface area contributed by atoms with Crippen molar-refractivity contribution in [1.82, 2.24) is 10.2 Å². The molecule has 0 saturated heterocycles. The molecule has 0 aliphatic carbocycles. The average molecular weight is 641 g/mol. The molecule has 7 rings (SSSR count). The van der Waals surface area contributed by atoms with E-state index in [0.29, 0.717) is 0 Å². The van der Waals surface area contributed by atoms with Crippen molar-refractivity contribution in [3.05, 3.63) is 139 Å². The Morgan fingerprint density at radius 1 is 0.842 bits per heavy atom. The van der Waals surface area contributed by atoms with E-state index in [1.807, 2.05) is 0 Å². The fraction of sp³-hybridized carbons (Fsp3) is 0.0938. The third-order valence-corrected chi connectivity index (χ3v) is 9.12. The predicted octanol–water partition coefficient (Wildman–Crippen LogP) is 8.76. The molecule has 4 aromatic rings. The van der Waals surface area contributed by atoms with E-state index in [4.69, 9.17) is 4.99 Å². The third-order valence-electron chi connectivity index (χ3n) is 7.22. The molecule has 0 aromatic heterocycles. The second kappa shape index (κ2) is 10.0. The van der Waals surface area contributed by atoms with Gasteiger partial charge in [0.15, 0.2) is 5.17 Å². The van der Waals surface area contributed by atoms with Crippen molar-refractivity contribution in [2.45, 2.75) is 6.04 Å². The number of hydrogen-bond acceptors (Lipinski definition) is 4. The lowest BCUT2D eigenvalue weighted by Crippen LogP contribution is -2.40. The summed E-state index contributed by atoms with van der Waals surface area (Å²) in [5.74, 6) is 0. The number of rotatable bonds is 3. The lowest BCUT2D eigenvalue weighted by molar-refractivity contribution is 0.462. The summed E-state index contributed by atoms with van der Waals surface area (Å²) in [5, 5.41) is 9.46. The molecule has 0 spiro atoms. The lowest BCUT2D eigenvalue weighted by Gasteiger charge is -2.40. The van der Waals surface area contributed by atoms with Crippen LogP contribution in [0, 0.1) is 0 Å². The second-order valence-electron chi connectivity index (χ2n) is 9.60. The maximum atomic E-state index is 5.30. The van der Waals surface area contributed by atoms with Crippen LogP contribution in [0.1, 0.15) is 22.7 Å². The van der Waals surface area contributed by atoms with Crippen molar-refractivity contribution in [3.8, 4) is 0 Å². The fourth-order valence-electron chi connectivity index (χ4n) is 5.41. The summed E-state index contributed by atoms with van der Waals surface area (Å²) < 4.78 is 2.17. The van der Waals surface area contributed by atoms with E-state index in [0.717, 1.165) is 32.9 Å². The molecule has 0 fully saturated rings. The van der Waals surface area contributed by atoms with Crippen molar-refractivity contribution in [2.24, 2.45) is 4.99 Å². The van der Waals surface area contributed by atoms with Gasteiger partial charge in [-0.2, -0.15) is 0 Å². The number of hydrogen-bond donors (Lipinski definition) is 1. The first-order chi connectivity index (χ1) is 18.6. The van der Waals surface area contributed by atoms with Crippen molar-refractivity contribution in [2.75, 3.05) is 13.1 Å². The van der Waals surface area contributed by atoms with Gasteiger partial charge in [-0.25, -0.2) is 4.99 Å². The number of nitrogens with one attached hydrogen (secondary N) is 1. The molecule has 0 bridgehead atoms. The van der Waals surface area contributed by atoms with Crippen LogP contribution in [-0.2, 0) is 0 Å². The second-order valence-corrected chi connectivity index (χ2v) is 12.3. The Labute approximate surface area is 243 Å². The zero-order chi connectivity index (χ0) is 25.6. The molecule has 1 N–H and O–H groups in total. The summed E-state index contributed by atoms with van der Waals surface area (Å²) in [5.41, 5.74) is 8.49.